The first-order valence-electron chi connectivity index (χ1n) is 12.6. The number of rotatable bonds is 5. The summed E-state index contributed by atoms with van der Waals surface area (Å²) >= 11 is 6.12. The third-order valence-electron chi connectivity index (χ3n) is 7.10. The second-order valence-electron chi connectivity index (χ2n) is 9.57. The van der Waals surface area contributed by atoms with Gasteiger partial charge in [-0.25, -0.2) is 4.98 Å². The minimum Gasteiger partial charge on any atom is -0.368 e. The van der Waals surface area contributed by atoms with Gasteiger partial charge in [0.25, 0.3) is 11.5 Å². The fourth-order valence-corrected chi connectivity index (χ4v) is 5.29. The zero-order valence-electron chi connectivity index (χ0n) is 20.2. The molecule has 1 aromatic heterocycles. The molecule has 5 rings (SSSR count). The highest BCUT2D eigenvalue weighted by molar-refractivity contribution is 6.30. The number of benzene rings is 2. The first-order chi connectivity index (χ1) is 17.5. The van der Waals surface area contributed by atoms with Gasteiger partial charge in [0.15, 0.2) is 0 Å². The Balaban J connectivity index is 1.27. The largest absolute Gasteiger partial charge is 0.368 e. The van der Waals surface area contributed by atoms with E-state index in [0.29, 0.717) is 47.7 Å². The second-order valence-corrected chi connectivity index (χ2v) is 10.0. The number of amides is 2. The molecule has 1 aliphatic heterocycles. The Morgan fingerprint density at radius 3 is 2.53 bits per heavy atom. The van der Waals surface area contributed by atoms with Gasteiger partial charge in [-0.1, -0.05) is 36.9 Å². The minimum atomic E-state index is -0.320. The SMILES string of the molecule is O=C(Cn1cnc2ccc(C(=O)N3CCN(c4cccc(Cl)c4)CC3)cc2c1=O)NC1CCCCC1. The van der Waals surface area contributed by atoms with E-state index in [9.17, 15) is 14.4 Å². The van der Waals surface area contributed by atoms with Gasteiger partial charge in [0.2, 0.25) is 5.91 Å². The van der Waals surface area contributed by atoms with Crippen molar-refractivity contribution in [2.75, 3.05) is 31.1 Å². The molecule has 0 atom stereocenters. The number of piperazine rings is 1. The van der Waals surface area contributed by atoms with E-state index < -0.39 is 0 Å². The van der Waals surface area contributed by atoms with Crippen molar-refractivity contribution in [3.63, 3.8) is 0 Å². The lowest BCUT2D eigenvalue weighted by atomic mass is 9.95. The van der Waals surface area contributed by atoms with Crippen molar-refractivity contribution in [1.29, 1.82) is 0 Å². The second kappa shape index (κ2) is 10.7. The molecule has 2 amide bonds. The smallest absolute Gasteiger partial charge is 0.261 e. The van der Waals surface area contributed by atoms with Crippen molar-refractivity contribution in [3.05, 3.63) is 69.7 Å². The molecule has 1 saturated heterocycles. The van der Waals surface area contributed by atoms with Crippen molar-refractivity contribution in [2.45, 2.75) is 44.7 Å². The van der Waals surface area contributed by atoms with Crippen LogP contribution in [0.1, 0.15) is 42.5 Å². The quantitative estimate of drug-likeness (QED) is 0.571. The maximum Gasteiger partial charge on any atom is 0.261 e. The third kappa shape index (κ3) is 5.38. The predicted octanol–water partition coefficient (Wildman–Crippen LogP) is 3.46. The number of hydrogen-bond acceptors (Lipinski definition) is 5. The van der Waals surface area contributed by atoms with Gasteiger partial charge in [-0.15, -0.1) is 0 Å². The summed E-state index contributed by atoms with van der Waals surface area (Å²) in [7, 11) is 0. The number of carbonyl (C=O) groups is 2. The molecule has 0 bridgehead atoms. The molecule has 0 spiro atoms. The topological polar surface area (TPSA) is 87.5 Å². The molecule has 2 aromatic carbocycles. The summed E-state index contributed by atoms with van der Waals surface area (Å²) in [4.78, 5) is 47.2. The van der Waals surface area contributed by atoms with Crippen LogP contribution in [0.2, 0.25) is 5.02 Å². The lowest BCUT2D eigenvalue weighted by Crippen LogP contribution is -2.48. The molecule has 1 N–H and O–H groups in total. The molecule has 2 fully saturated rings. The molecular formula is C27H30ClN5O3. The molecule has 2 aliphatic rings. The van der Waals surface area contributed by atoms with Gasteiger partial charge in [-0.05, 0) is 49.2 Å². The van der Waals surface area contributed by atoms with E-state index in [1.54, 1.807) is 23.1 Å². The summed E-state index contributed by atoms with van der Waals surface area (Å²) < 4.78 is 1.32. The molecule has 8 nitrogen and oxygen atoms in total. The summed E-state index contributed by atoms with van der Waals surface area (Å²) in [5.74, 6) is -0.303. The van der Waals surface area contributed by atoms with Crippen molar-refractivity contribution >= 4 is 40.0 Å². The standard InChI is InChI=1S/C27H30ClN5O3/c28-20-5-4-8-22(16-20)31-11-13-32(14-12-31)26(35)19-9-10-24-23(15-19)27(36)33(18-29-24)17-25(34)30-21-6-2-1-3-7-21/h4-5,8-10,15-16,18,21H,1-3,6-7,11-14,17H2,(H,30,34). The minimum absolute atomic E-state index is 0.0814. The Kier molecular flexibility index (Phi) is 7.23. The Labute approximate surface area is 214 Å². The zero-order chi connectivity index (χ0) is 25.1. The molecule has 36 heavy (non-hydrogen) atoms. The number of carbonyl (C=O) groups excluding carboxylic acids is 2. The Morgan fingerprint density at radius 1 is 1.00 bits per heavy atom. The predicted molar refractivity (Wildman–Crippen MR) is 141 cm³/mol. The monoisotopic (exact) mass is 507 g/mol. The molecule has 188 valence electrons. The third-order valence-corrected chi connectivity index (χ3v) is 7.33. The van der Waals surface area contributed by atoms with Crippen LogP contribution in [0.5, 0.6) is 0 Å². The molecule has 9 heteroatoms. The molecule has 0 radical (unpaired) electrons. The van der Waals surface area contributed by atoms with Crippen LogP contribution in [0.4, 0.5) is 5.69 Å². The average molecular weight is 508 g/mol. The van der Waals surface area contributed by atoms with Gasteiger partial charge in [0, 0.05) is 48.5 Å². The van der Waals surface area contributed by atoms with E-state index in [-0.39, 0.29) is 30.0 Å². The van der Waals surface area contributed by atoms with Crippen LogP contribution in [-0.4, -0.2) is 58.5 Å². The van der Waals surface area contributed by atoms with E-state index in [2.05, 4.69) is 15.2 Å². The van der Waals surface area contributed by atoms with Gasteiger partial charge in [-0.3, -0.25) is 19.0 Å². The Morgan fingerprint density at radius 2 is 1.78 bits per heavy atom. The molecule has 1 aliphatic carbocycles. The highest BCUT2D eigenvalue weighted by Gasteiger charge is 2.23. The first-order valence-corrected chi connectivity index (χ1v) is 12.9. The van der Waals surface area contributed by atoms with E-state index in [1.807, 2.05) is 24.3 Å². The van der Waals surface area contributed by atoms with E-state index >= 15 is 0 Å². The summed E-state index contributed by atoms with van der Waals surface area (Å²) in [6.07, 6.45) is 6.81. The van der Waals surface area contributed by atoms with Gasteiger partial charge in [0.05, 0.1) is 17.2 Å². The van der Waals surface area contributed by atoms with Gasteiger partial charge < -0.3 is 15.1 Å². The highest BCUT2D eigenvalue weighted by atomic mass is 35.5. The van der Waals surface area contributed by atoms with E-state index in [1.165, 1.54) is 17.3 Å². The highest BCUT2D eigenvalue weighted by Crippen LogP contribution is 2.22. The summed E-state index contributed by atoms with van der Waals surface area (Å²) in [5.41, 5.74) is 1.67. The van der Waals surface area contributed by atoms with E-state index in [4.69, 9.17) is 11.6 Å². The molecule has 1 saturated carbocycles. The maximum absolute atomic E-state index is 13.2. The molecule has 2 heterocycles. The van der Waals surface area contributed by atoms with Crippen LogP contribution in [-0.2, 0) is 11.3 Å². The van der Waals surface area contributed by atoms with Crippen LogP contribution in [0.25, 0.3) is 10.9 Å². The lowest BCUT2D eigenvalue weighted by Gasteiger charge is -2.36. The molecule has 0 unspecified atom stereocenters. The number of fused-ring (bicyclic) bond motifs is 1. The van der Waals surface area contributed by atoms with Crippen molar-refractivity contribution in [2.24, 2.45) is 0 Å². The summed E-state index contributed by atoms with van der Waals surface area (Å²) in [6.45, 7) is 2.46. The lowest BCUT2D eigenvalue weighted by molar-refractivity contribution is -0.122. The van der Waals surface area contributed by atoms with E-state index in [0.717, 1.165) is 31.4 Å². The maximum atomic E-state index is 13.2. The van der Waals surface area contributed by atoms with Gasteiger partial charge in [0.1, 0.15) is 6.54 Å². The molecule has 3 aromatic rings. The van der Waals surface area contributed by atoms with Gasteiger partial charge in [-0.2, -0.15) is 0 Å². The number of aromatic nitrogens is 2. The van der Waals surface area contributed by atoms with Crippen LogP contribution < -0.4 is 15.8 Å². The number of anilines is 1. The normalized spacial score (nSPS) is 16.8. The fourth-order valence-electron chi connectivity index (χ4n) is 5.10. The van der Waals surface area contributed by atoms with Crippen LogP contribution >= 0.6 is 11.6 Å². The first kappa shape index (κ1) is 24.3. The number of hydrogen-bond donors (Lipinski definition) is 1. The Hall–Kier alpha value is -3.39. The van der Waals surface area contributed by atoms with Gasteiger partial charge >= 0.3 is 0 Å². The number of nitrogens with zero attached hydrogens (tertiary/aromatic N) is 4. The summed E-state index contributed by atoms with van der Waals surface area (Å²) in [5, 5.41) is 4.06. The number of halogens is 1. The van der Waals surface area contributed by atoms with Crippen LogP contribution in [0.15, 0.2) is 53.6 Å². The zero-order valence-corrected chi connectivity index (χ0v) is 20.9. The average Bonchev–Trinajstić information content (AvgIpc) is 2.90. The van der Waals surface area contributed by atoms with Crippen LogP contribution in [0, 0.1) is 0 Å². The number of nitrogens with one attached hydrogen (secondary N) is 1. The van der Waals surface area contributed by atoms with Crippen LogP contribution in [0.3, 0.4) is 0 Å². The van der Waals surface area contributed by atoms with Crippen molar-refractivity contribution < 1.29 is 9.59 Å². The van der Waals surface area contributed by atoms with Crippen molar-refractivity contribution in [1.82, 2.24) is 19.8 Å². The Bertz CT molecular complexity index is 1330. The fraction of sp³-hybridized carbons (Fsp3) is 0.407. The summed E-state index contributed by atoms with van der Waals surface area (Å²) in [6, 6.07) is 12.9. The molecular weight excluding hydrogens is 478 g/mol. The van der Waals surface area contributed by atoms with Crippen molar-refractivity contribution in [3.8, 4) is 0 Å².